The molecule has 0 bridgehead atoms. The highest BCUT2D eigenvalue weighted by Crippen LogP contribution is 2.36. The number of anilines is 3. The third-order valence-corrected chi connectivity index (χ3v) is 4.08. The molecule has 28 heavy (non-hydrogen) atoms. The van der Waals surface area contributed by atoms with Crippen molar-refractivity contribution in [1.29, 1.82) is 0 Å². The van der Waals surface area contributed by atoms with E-state index < -0.39 is 53.2 Å². The highest BCUT2D eigenvalue weighted by atomic mass is 32.1. The molecule has 1 aromatic carbocycles. The van der Waals surface area contributed by atoms with Gasteiger partial charge in [-0.15, -0.1) is 0 Å². The second-order valence-corrected chi connectivity index (χ2v) is 6.18. The molecular formula is C14H9F8N3O2S. The largest absolute Gasteiger partial charge is 0.423 e. The van der Waals surface area contributed by atoms with E-state index in [1.165, 1.54) is 0 Å². The van der Waals surface area contributed by atoms with Crippen molar-refractivity contribution in [2.45, 2.75) is 18.5 Å². The molecule has 0 saturated heterocycles. The van der Waals surface area contributed by atoms with E-state index in [1.54, 1.807) is 0 Å². The van der Waals surface area contributed by atoms with E-state index in [0.717, 1.165) is 18.2 Å². The van der Waals surface area contributed by atoms with Crippen molar-refractivity contribution >= 4 is 33.8 Å². The third-order valence-electron chi connectivity index (χ3n) is 3.05. The van der Waals surface area contributed by atoms with Crippen LogP contribution in [0.5, 0.6) is 0 Å². The summed E-state index contributed by atoms with van der Waals surface area (Å²) in [5.41, 5.74) is 5.44. The van der Waals surface area contributed by atoms with Crippen LogP contribution in [0, 0.1) is 11.6 Å². The smallest absolute Gasteiger partial charge is 0.382 e. The van der Waals surface area contributed by atoms with Crippen molar-refractivity contribution < 1.29 is 44.7 Å². The Morgan fingerprint density at radius 3 is 2.29 bits per heavy atom. The fourth-order valence-corrected chi connectivity index (χ4v) is 2.71. The number of carbonyl (C=O) groups excluding carboxylic acids is 1. The van der Waals surface area contributed by atoms with Crippen LogP contribution < -0.4 is 11.1 Å². The van der Waals surface area contributed by atoms with Crippen molar-refractivity contribution in [1.82, 2.24) is 4.98 Å². The zero-order valence-corrected chi connectivity index (χ0v) is 14.1. The molecule has 0 aliphatic rings. The van der Waals surface area contributed by atoms with Gasteiger partial charge in [-0.05, 0) is 12.1 Å². The van der Waals surface area contributed by atoms with Gasteiger partial charge in [0.15, 0.2) is 16.8 Å². The number of nitrogens with zero attached hydrogens (tertiary/aromatic N) is 1. The summed E-state index contributed by atoms with van der Waals surface area (Å²) in [6, 6.07) is 2.68. The summed E-state index contributed by atoms with van der Waals surface area (Å²) in [4.78, 5) is 15.1. The fraction of sp³-hybridized carbons (Fsp3) is 0.286. The summed E-state index contributed by atoms with van der Waals surface area (Å²) >= 11 is 0.484. The van der Waals surface area contributed by atoms with Crippen LogP contribution in [-0.2, 0) is 4.74 Å². The number of halogens is 8. The van der Waals surface area contributed by atoms with Gasteiger partial charge in [-0.3, -0.25) is 4.79 Å². The monoisotopic (exact) mass is 435 g/mol. The number of rotatable bonds is 6. The van der Waals surface area contributed by atoms with Crippen LogP contribution in [0.4, 0.5) is 51.8 Å². The lowest BCUT2D eigenvalue weighted by atomic mass is 10.3. The number of nitrogens with one attached hydrogen (secondary N) is 1. The van der Waals surface area contributed by atoms with Gasteiger partial charge in [0.05, 0.1) is 0 Å². The molecule has 2 rings (SSSR count). The Hall–Kier alpha value is -2.48. The van der Waals surface area contributed by atoms with E-state index in [0.29, 0.717) is 11.3 Å². The van der Waals surface area contributed by atoms with Gasteiger partial charge >= 0.3 is 12.4 Å². The molecular weight excluding hydrogens is 426 g/mol. The first-order chi connectivity index (χ1) is 12.8. The number of ether oxygens (including phenoxy) is 1. The van der Waals surface area contributed by atoms with Crippen LogP contribution >= 0.6 is 11.3 Å². The van der Waals surface area contributed by atoms with Gasteiger partial charge in [0, 0.05) is 11.8 Å². The number of benzene rings is 1. The number of alkyl halides is 6. The van der Waals surface area contributed by atoms with E-state index in [4.69, 9.17) is 5.73 Å². The molecule has 1 heterocycles. The molecule has 0 aliphatic carbocycles. The van der Waals surface area contributed by atoms with Crippen LogP contribution in [-0.4, -0.2) is 35.8 Å². The van der Waals surface area contributed by atoms with Crippen molar-refractivity contribution in [3.05, 3.63) is 34.7 Å². The number of aromatic nitrogens is 1. The molecule has 0 saturated carbocycles. The highest BCUT2D eigenvalue weighted by molar-refractivity contribution is 7.18. The van der Waals surface area contributed by atoms with Gasteiger partial charge in [-0.25, -0.2) is 13.8 Å². The molecule has 0 atom stereocenters. The number of Topliss-reactive ketones (excluding diaryl/α,β-unsaturated/α-hetero) is 1. The minimum Gasteiger partial charge on any atom is -0.382 e. The number of nitrogens with two attached hydrogens (primary N) is 1. The Morgan fingerprint density at radius 2 is 1.75 bits per heavy atom. The first-order valence-electron chi connectivity index (χ1n) is 7.05. The van der Waals surface area contributed by atoms with Crippen molar-refractivity contribution in [3.8, 4) is 0 Å². The number of hydrogen-bond acceptors (Lipinski definition) is 6. The second-order valence-electron chi connectivity index (χ2n) is 5.18. The van der Waals surface area contributed by atoms with Crippen LogP contribution in [0.15, 0.2) is 18.2 Å². The first kappa shape index (κ1) is 21.8. The van der Waals surface area contributed by atoms with Gasteiger partial charge in [-0.2, -0.15) is 26.3 Å². The fourth-order valence-electron chi connectivity index (χ4n) is 1.88. The maximum Gasteiger partial charge on any atom is 0.423 e. The molecule has 0 fully saturated rings. The first-order valence-corrected chi connectivity index (χ1v) is 7.87. The van der Waals surface area contributed by atoms with Crippen molar-refractivity contribution in [2.24, 2.45) is 0 Å². The average Bonchev–Trinajstić information content (AvgIpc) is 2.89. The lowest BCUT2D eigenvalue weighted by Crippen LogP contribution is -2.45. The number of carbonyl (C=O) groups is 1. The van der Waals surface area contributed by atoms with Gasteiger partial charge in [-0.1, -0.05) is 11.3 Å². The maximum absolute atomic E-state index is 13.2. The predicted molar refractivity (Wildman–Crippen MR) is 82.3 cm³/mol. The summed E-state index contributed by atoms with van der Waals surface area (Å²) in [5.74, 6) is -4.07. The molecule has 5 nitrogen and oxygen atoms in total. The molecule has 154 valence electrons. The number of nitrogen functional groups attached to an aromatic ring is 1. The predicted octanol–water partition coefficient (Wildman–Crippen LogP) is 4.44. The lowest BCUT2D eigenvalue weighted by molar-refractivity contribution is -0.318. The molecule has 0 aliphatic heterocycles. The number of thiazole rings is 1. The standard InChI is InChI=1S/C14H9F8N3O2S/c15-6-2-1-5(3-7(6)16)24-12-25-10(23)9(28-12)8(26)4-27-11(13(17,18)19)14(20,21)22/h1-3,11H,4,23H2,(H,24,25). The van der Waals surface area contributed by atoms with Crippen LogP contribution in [0.1, 0.15) is 9.67 Å². The molecule has 0 spiro atoms. The van der Waals surface area contributed by atoms with Crippen LogP contribution in [0.3, 0.4) is 0 Å². The Bertz CT molecular complexity index is 851. The van der Waals surface area contributed by atoms with E-state index >= 15 is 0 Å². The molecule has 0 amide bonds. The Morgan fingerprint density at radius 1 is 1.14 bits per heavy atom. The van der Waals surface area contributed by atoms with Crippen molar-refractivity contribution in [3.63, 3.8) is 0 Å². The van der Waals surface area contributed by atoms with Crippen LogP contribution in [0.25, 0.3) is 0 Å². The Kier molecular flexibility index (Phi) is 6.13. The highest BCUT2D eigenvalue weighted by Gasteiger charge is 2.58. The third kappa shape index (κ3) is 5.28. The quantitative estimate of drug-likeness (QED) is 0.518. The second kappa shape index (κ2) is 7.87. The molecule has 0 unspecified atom stereocenters. The SMILES string of the molecule is Nc1nc(Nc2ccc(F)c(F)c2)sc1C(=O)COC(C(F)(F)F)C(F)(F)F. The maximum atomic E-state index is 13.2. The summed E-state index contributed by atoms with van der Waals surface area (Å²) in [7, 11) is 0. The number of ketones is 1. The van der Waals surface area contributed by atoms with E-state index in [9.17, 15) is 39.9 Å². The van der Waals surface area contributed by atoms with E-state index in [2.05, 4.69) is 15.0 Å². The molecule has 1 aromatic heterocycles. The zero-order chi connectivity index (χ0) is 21.3. The Balaban J connectivity index is 2.11. The molecule has 0 radical (unpaired) electrons. The zero-order valence-electron chi connectivity index (χ0n) is 13.3. The van der Waals surface area contributed by atoms with Crippen LogP contribution in [0.2, 0.25) is 0 Å². The van der Waals surface area contributed by atoms with Gasteiger partial charge in [0.25, 0.3) is 0 Å². The molecule has 3 N–H and O–H groups in total. The topological polar surface area (TPSA) is 77.2 Å². The lowest BCUT2D eigenvalue weighted by Gasteiger charge is -2.22. The van der Waals surface area contributed by atoms with E-state index in [-0.39, 0.29) is 10.8 Å². The van der Waals surface area contributed by atoms with Gasteiger partial charge in [0.2, 0.25) is 11.9 Å². The number of hydrogen-bond donors (Lipinski definition) is 2. The average molecular weight is 435 g/mol. The summed E-state index contributed by atoms with van der Waals surface area (Å²) in [5, 5.41) is 2.34. The minimum absolute atomic E-state index is 0.0112. The summed E-state index contributed by atoms with van der Waals surface area (Å²) < 4.78 is 104. The van der Waals surface area contributed by atoms with Crippen molar-refractivity contribution in [2.75, 3.05) is 17.7 Å². The summed E-state index contributed by atoms with van der Waals surface area (Å²) in [6.07, 6.45) is -15.7. The summed E-state index contributed by atoms with van der Waals surface area (Å²) in [6.45, 7) is -1.55. The van der Waals surface area contributed by atoms with Gasteiger partial charge in [0.1, 0.15) is 17.3 Å². The normalized spacial score (nSPS) is 12.5. The Labute approximate surface area is 155 Å². The molecule has 2 aromatic rings. The minimum atomic E-state index is -5.77. The van der Waals surface area contributed by atoms with Gasteiger partial charge < -0.3 is 15.8 Å². The van der Waals surface area contributed by atoms with E-state index in [1.807, 2.05) is 0 Å². The molecule has 14 heteroatoms.